The fourth-order valence-electron chi connectivity index (χ4n) is 11.1. The minimum Gasteiger partial charge on any atom is -0.393 e. The van der Waals surface area contributed by atoms with Crippen LogP contribution in [-0.4, -0.2) is 36.7 Å². The zero-order valence-corrected chi connectivity index (χ0v) is 29.1. The SMILES string of the molecule is CC[C@H]1[C@@H](O)C2[C@H](CC[C@]3(C)[C@@H]([C@H](C)CCCC(=O)NS(=O)(=O)c4ccc(C(C)(C)C)cc4)CC[C@@H]23)C2(C)CC[C@@H](O)C[C@@H]12. The lowest BCUT2D eigenvalue weighted by molar-refractivity contribution is -0.203. The van der Waals surface area contributed by atoms with Crippen LogP contribution in [-0.2, 0) is 20.2 Å². The summed E-state index contributed by atoms with van der Waals surface area (Å²) in [5, 5.41) is 22.5. The lowest BCUT2D eigenvalue weighted by atomic mass is 9.41. The first-order chi connectivity index (χ1) is 20.5. The van der Waals surface area contributed by atoms with E-state index in [1.807, 2.05) is 12.1 Å². The van der Waals surface area contributed by atoms with Crippen molar-refractivity contribution in [3.8, 4) is 0 Å². The zero-order valence-electron chi connectivity index (χ0n) is 28.3. The minimum atomic E-state index is -3.89. The summed E-state index contributed by atoms with van der Waals surface area (Å²) in [5.41, 5.74) is 1.36. The second-order valence-corrected chi connectivity index (χ2v) is 18.5. The van der Waals surface area contributed by atoms with Gasteiger partial charge >= 0.3 is 0 Å². The topological polar surface area (TPSA) is 104 Å². The molecule has 0 radical (unpaired) electrons. The van der Waals surface area contributed by atoms with Gasteiger partial charge in [-0.25, -0.2) is 13.1 Å². The number of aliphatic hydroxyl groups excluding tert-OH is 2. The van der Waals surface area contributed by atoms with Crippen LogP contribution in [0.15, 0.2) is 29.2 Å². The fraction of sp³-hybridized carbons (Fsp3) is 0.811. The molecule has 4 aliphatic carbocycles. The molecule has 4 saturated carbocycles. The summed E-state index contributed by atoms with van der Waals surface area (Å²) in [7, 11) is -3.89. The van der Waals surface area contributed by atoms with E-state index in [0.717, 1.165) is 50.5 Å². The van der Waals surface area contributed by atoms with Crippen molar-refractivity contribution in [2.24, 2.45) is 52.3 Å². The van der Waals surface area contributed by atoms with Crippen LogP contribution in [0.25, 0.3) is 0 Å². The number of benzene rings is 1. The standard InChI is InChI=1S/C37H59NO5S/c1-8-27-31-22-25(39)18-20-37(31,7)30-19-21-36(6)28(16-17-29(36)33(30)34(27)41)23(2)10-9-11-32(40)38-44(42,43)26-14-12-24(13-15-26)35(3,4)5/h12-15,23,25,27-31,33-34,39,41H,8-11,16-22H2,1-7H3,(H,38,40)/t23-,25-,27-,28-,29+,30+,31+,33?,34-,36-,37?/m1/s1. The Morgan fingerprint density at radius 3 is 2.25 bits per heavy atom. The van der Waals surface area contributed by atoms with Crippen molar-refractivity contribution in [3.63, 3.8) is 0 Å². The first-order valence-electron chi connectivity index (χ1n) is 17.5. The Hall–Kier alpha value is -1.44. The zero-order chi connectivity index (χ0) is 32.2. The highest BCUT2D eigenvalue weighted by Gasteiger charge is 2.64. The van der Waals surface area contributed by atoms with E-state index in [9.17, 15) is 23.4 Å². The quantitative estimate of drug-likeness (QED) is 0.282. The molecule has 11 atom stereocenters. The molecule has 5 rings (SSSR count). The summed E-state index contributed by atoms with van der Waals surface area (Å²) in [5.74, 6) is 2.59. The van der Waals surface area contributed by atoms with Crippen molar-refractivity contribution in [3.05, 3.63) is 29.8 Å². The van der Waals surface area contributed by atoms with Crippen LogP contribution in [0.4, 0.5) is 0 Å². The maximum absolute atomic E-state index is 12.9. The molecule has 0 spiro atoms. The number of amides is 1. The molecule has 3 N–H and O–H groups in total. The maximum Gasteiger partial charge on any atom is 0.264 e. The summed E-state index contributed by atoms with van der Waals surface area (Å²) in [6, 6.07) is 6.79. The van der Waals surface area contributed by atoms with Gasteiger partial charge in [0.15, 0.2) is 0 Å². The lowest BCUT2D eigenvalue weighted by Crippen LogP contribution is -2.62. The molecule has 2 unspecified atom stereocenters. The molecule has 1 aromatic rings. The second-order valence-electron chi connectivity index (χ2n) is 16.8. The highest BCUT2D eigenvalue weighted by atomic mass is 32.2. The molecule has 0 aliphatic heterocycles. The summed E-state index contributed by atoms with van der Waals surface area (Å²) < 4.78 is 28.0. The van der Waals surface area contributed by atoms with Gasteiger partial charge in [-0.05, 0) is 133 Å². The van der Waals surface area contributed by atoms with Gasteiger partial charge < -0.3 is 10.2 Å². The number of hydrogen-bond donors (Lipinski definition) is 3. The van der Waals surface area contributed by atoms with Crippen LogP contribution in [0, 0.1) is 52.3 Å². The predicted octanol–water partition coefficient (Wildman–Crippen LogP) is 7.22. The molecule has 7 heteroatoms. The Balaban J connectivity index is 1.19. The molecule has 4 fully saturated rings. The number of fused-ring (bicyclic) bond motifs is 5. The van der Waals surface area contributed by atoms with Crippen molar-refractivity contribution in [1.82, 2.24) is 4.72 Å². The van der Waals surface area contributed by atoms with Crippen LogP contribution in [0.2, 0.25) is 0 Å². The van der Waals surface area contributed by atoms with Gasteiger partial charge in [-0.1, -0.05) is 67.0 Å². The molecule has 0 bridgehead atoms. The van der Waals surface area contributed by atoms with E-state index in [1.54, 1.807) is 12.1 Å². The Bertz CT molecular complexity index is 1290. The van der Waals surface area contributed by atoms with Gasteiger partial charge in [0.2, 0.25) is 5.91 Å². The monoisotopic (exact) mass is 629 g/mol. The van der Waals surface area contributed by atoms with Gasteiger partial charge in [-0.2, -0.15) is 0 Å². The Morgan fingerprint density at radius 1 is 0.977 bits per heavy atom. The molecule has 0 heterocycles. The lowest BCUT2D eigenvalue weighted by Gasteiger charge is -2.64. The molecule has 6 nitrogen and oxygen atoms in total. The first kappa shape index (κ1) is 33.9. The maximum atomic E-state index is 12.9. The Kier molecular flexibility index (Phi) is 9.48. The number of hydrogen-bond acceptors (Lipinski definition) is 5. The van der Waals surface area contributed by atoms with Crippen molar-refractivity contribution in [2.45, 2.75) is 142 Å². The van der Waals surface area contributed by atoms with E-state index >= 15 is 0 Å². The van der Waals surface area contributed by atoms with Crippen LogP contribution in [0.5, 0.6) is 0 Å². The number of aliphatic hydroxyl groups is 2. The second kappa shape index (κ2) is 12.3. The minimum absolute atomic E-state index is 0.0762. The molecule has 1 aromatic carbocycles. The third kappa shape index (κ3) is 6.03. The molecule has 4 aliphatic rings. The van der Waals surface area contributed by atoms with Gasteiger partial charge in [0, 0.05) is 6.42 Å². The summed E-state index contributed by atoms with van der Waals surface area (Å²) in [6.45, 7) is 15.8. The predicted molar refractivity (Wildman–Crippen MR) is 175 cm³/mol. The number of carbonyl (C=O) groups is 1. The molecule has 0 aromatic heterocycles. The van der Waals surface area contributed by atoms with E-state index in [4.69, 9.17) is 0 Å². The first-order valence-corrected chi connectivity index (χ1v) is 19.0. The van der Waals surface area contributed by atoms with E-state index in [-0.39, 0.29) is 45.7 Å². The normalized spacial score (nSPS) is 39.6. The number of sulfonamides is 1. The van der Waals surface area contributed by atoms with E-state index in [1.165, 1.54) is 12.8 Å². The van der Waals surface area contributed by atoms with Gasteiger partial charge in [-0.15, -0.1) is 0 Å². The average Bonchev–Trinajstić information content (AvgIpc) is 3.30. The van der Waals surface area contributed by atoms with Crippen molar-refractivity contribution in [1.29, 1.82) is 0 Å². The van der Waals surface area contributed by atoms with Gasteiger partial charge in [0.05, 0.1) is 17.1 Å². The molecule has 248 valence electrons. The van der Waals surface area contributed by atoms with E-state index in [0.29, 0.717) is 41.9 Å². The van der Waals surface area contributed by atoms with Gasteiger partial charge in [-0.3, -0.25) is 4.79 Å². The average molecular weight is 630 g/mol. The smallest absolute Gasteiger partial charge is 0.264 e. The van der Waals surface area contributed by atoms with Crippen molar-refractivity contribution in [2.75, 3.05) is 0 Å². The molecule has 0 saturated heterocycles. The van der Waals surface area contributed by atoms with Crippen LogP contribution < -0.4 is 4.72 Å². The van der Waals surface area contributed by atoms with Gasteiger partial charge in [0.25, 0.3) is 10.0 Å². The molecule has 44 heavy (non-hydrogen) atoms. The largest absolute Gasteiger partial charge is 0.393 e. The number of rotatable bonds is 8. The number of carbonyl (C=O) groups excluding carboxylic acids is 1. The van der Waals surface area contributed by atoms with E-state index < -0.39 is 15.9 Å². The summed E-state index contributed by atoms with van der Waals surface area (Å²) in [6.07, 6.45) is 9.71. The van der Waals surface area contributed by atoms with Crippen LogP contribution in [0.3, 0.4) is 0 Å². The van der Waals surface area contributed by atoms with Crippen molar-refractivity contribution < 1.29 is 23.4 Å². The third-order valence-electron chi connectivity index (χ3n) is 13.5. The summed E-state index contributed by atoms with van der Waals surface area (Å²) in [4.78, 5) is 12.9. The highest BCUT2D eigenvalue weighted by Crippen LogP contribution is 2.69. The molecular formula is C37H59NO5S. The van der Waals surface area contributed by atoms with Crippen molar-refractivity contribution >= 4 is 15.9 Å². The fourth-order valence-corrected chi connectivity index (χ4v) is 12.1. The Morgan fingerprint density at radius 2 is 1.61 bits per heavy atom. The molecular weight excluding hydrogens is 570 g/mol. The summed E-state index contributed by atoms with van der Waals surface area (Å²) >= 11 is 0. The molecule has 1 amide bonds. The van der Waals surface area contributed by atoms with Gasteiger partial charge in [0.1, 0.15) is 0 Å². The third-order valence-corrected chi connectivity index (χ3v) is 14.9. The van der Waals surface area contributed by atoms with Crippen LogP contribution in [0.1, 0.15) is 125 Å². The van der Waals surface area contributed by atoms with E-state index in [2.05, 4.69) is 53.2 Å². The number of nitrogens with one attached hydrogen (secondary N) is 1. The Labute approximate surface area is 267 Å². The van der Waals surface area contributed by atoms with Crippen LogP contribution >= 0.6 is 0 Å². The highest BCUT2D eigenvalue weighted by molar-refractivity contribution is 7.90.